The fourth-order valence-electron chi connectivity index (χ4n) is 2.51. The first-order valence-electron chi connectivity index (χ1n) is 7.30. The molecule has 3 rings (SSSR count). The number of anilines is 2. The number of carbonyl (C=O) groups is 1. The molecule has 2 aromatic rings. The normalized spacial score (nSPS) is 14.2. The van der Waals surface area contributed by atoms with Gasteiger partial charge < -0.3 is 10.2 Å². The minimum Gasteiger partial charge on any atom is -0.355 e. The first kappa shape index (κ1) is 14.4. The van der Waals surface area contributed by atoms with Gasteiger partial charge in [0.05, 0.1) is 0 Å². The molecule has 0 bridgehead atoms. The molecule has 6 heteroatoms. The molecule has 0 saturated carbocycles. The van der Waals surface area contributed by atoms with E-state index in [-0.39, 0.29) is 17.4 Å². The SMILES string of the molecule is Cc1cc(F)ccc1NC(=O)c1ccc(N2CCCC2)nn1. The quantitative estimate of drug-likeness (QED) is 0.947. The summed E-state index contributed by atoms with van der Waals surface area (Å²) in [5.74, 6) is 0.118. The Balaban J connectivity index is 1.71. The van der Waals surface area contributed by atoms with Gasteiger partial charge in [0.25, 0.3) is 5.91 Å². The summed E-state index contributed by atoms with van der Waals surface area (Å²) in [6.45, 7) is 3.70. The number of aromatic nitrogens is 2. The second kappa shape index (κ2) is 6.09. The maximum atomic E-state index is 13.1. The van der Waals surface area contributed by atoms with E-state index in [1.54, 1.807) is 13.0 Å². The highest BCUT2D eigenvalue weighted by molar-refractivity contribution is 6.03. The molecule has 0 aliphatic carbocycles. The Labute approximate surface area is 128 Å². The van der Waals surface area contributed by atoms with E-state index < -0.39 is 0 Å². The molecule has 1 fully saturated rings. The predicted molar refractivity (Wildman–Crippen MR) is 82.6 cm³/mol. The smallest absolute Gasteiger partial charge is 0.276 e. The molecule has 5 nitrogen and oxygen atoms in total. The van der Waals surface area contributed by atoms with Crippen LogP contribution in [0.5, 0.6) is 0 Å². The largest absolute Gasteiger partial charge is 0.355 e. The van der Waals surface area contributed by atoms with Crippen LogP contribution in [-0.2, 0) is 0 Å². The van der Waals surface area contributed by atoms with Crippen molar-refractivity contribution in [3.8, 4) is 0 Å². The first-order valence-corrected chi connectivity index (χ1v) is 7.30. The summed E-state index contributed by atoms with van der Waals surface area (Å²) in [4.78, 5) is 14.3. The number of amides is 1. The van der Waals surface area contributed by atoms with E-state index in [9.17, 15) is 9.18 Å². The van der Waals surface area contributed by atoms with Gasteiger partial charge in [0.1, 0.15) is 5.82 Å². The summed E-state index contributed by atoms with van der Waals surface area (Å²) >= 11 is 0. The van der Waals surface area contributed by atoms with Crippen LogP contribution in [0.2, 0.25) is 0 Å². The van der Waals surface area contributed by atoms with E-state index in [2.05, 4.69) is 20.4 Å². The summed E-state index contributed by atoms with van der Waals surface area (Å²) in [5.41, 5.74) is 1.47. The van der Waals surface area contributed by atoms with Crippen molar-refractivity contribution in [2.24, 2.45) is 0 Å². The molecule has 1 aromatic heterocycles. The minimum absolute atomic E-state index is 0.242. The van der Waals surface area contributed by atoms with Crippen LogP contribution in [-0.4, -0.2) is 29.2 Å². The standard InChI is InChI=1S/C16H17FN4O/c1-11-10-12(17)4-5-13(11)18-16(22)14-6-7-15(20-19-14)21-8-2-3-9-21/h4-7,10H,2-3,8-9H2,1H3,(H,18,22). The second-order valence-corrected chi connectivity index (χ2v) is 5.38. The molecule has 1 saturated heterocycles. The van der Waals surface area contributed by atoms with E-state index in [1.807, 2.05) is 6.07 Å². The van der Waals surface area contributed by atoms with Gasteiger partial charge in [-0.25, -0.2) is 4.39 Å². The summed E-state index contributed by atoms with van der Waals surface area (Å²) < 4.78 is 13.1. The van der Waals surface area contributed by atoms with Gasteiger partial charge >= 0.3 is 0 Å². The highest BCUT2D eigenvalue weighted by Gasteiger charge is 2.15. The molecule has 22 heavy (non-hydrogen) atoms. The monoisotopic (exact) mass is 300 g/mol. The molecule has 0 unspecified atom stereocenters. The van der Waals surface area contributed by atoms with E-state index in [1.165, 1.54) is 18.2 Å². The molecule has 1 aliphatic heterocycles. The average Bonchev–Trinajstić information content (AvgIpc) is 3.04. The fraction of sp³-hybridized carbons (Fsp3) is 0.312. The van der Waals surface area contributed by atoms with Crippen molar-refractivity contribution in [3.05, 3.63) is 47.4 Å². The van der Waals surface area contributed by atoms with Gasteiger partial charge in [-0.2, -0.15) is 0 Å². The van der Waals surface area contributed by atoms with E-state index >= 15 is 0 Å². The van der Waals surface area contributed by atoms with Gasteiger partial charge in [-0.15, -0.1) is 10.2 Å². The van der Waals surface area contributed by atoms with E-state index in [4.69, 9.17) is 0 Å². The number of rotatable bonds is 3. The highest BCUT2D eigenvalue weighted by Crippen LogP contribution is 2.18. The lowest BCUT2D eigenvalue weighted by Gasteiger charge is -2.15. The molecule has 0 spiro atoms. The number of hydrogen-bond acceptors (Lipinski definition) is 4. The maximum Gasteiger partial charge on any atom is 0.276 e. The molecule has 0 atom stereocenters. The van der Waals surface area contributed by atoms with E-state index in [0.717, 1.165) is 31.7 Å². The lowest BCUT2D eigenvalue weighted by molar-refractivity contribution is 0.102. The van der Waals surface area contributed by atoms with Crippen molar-refractivity contribution in [3.63, 3.8) is 0 Å². The van der Waals surface area contributed by atoms with Crippen LogP contribution in [0.1, 0.15) is 28.9 Å². The number of benzene rings is 1. The van der Waals surface area contributed by atoms with Gasteiger partial charge in [0.15, 0.2) is 11.5 Å². The van der Waals surface area contributed by atoms with Crippen LogP contribution >= 0.6 is 0 Å². The Morgan fingerprint density at radius 2 is 1.95 bits per heavy atom. The molecule has 1 aliphatic rings. The lowest BCUT2D eigenvalue weighted by atomic mass is 10.2. The third kappa shape index (κ3) is 3.05. The highest BCUT2D eigenvalue weighted by atomic mass is 19.1. The molecular formula is C16H17FN4O. The summed E-state index contributed by atoms with van der Waals surface area (Å²) in [7, 11) is 0. The van der Waals surface area contributed by atoms with Crippen LogP contribution in [0.15, 0.2) is 30.3 Å². The van der Waals surface area contributed by atoms with Crippen LogP contribution in [0.4, 0.5) is 15.9 Å². The molecule has 114 valence electrons. The van der Waals surface area contributed by atoms with Gasteiger partial charge in [0, 0.05) is 18.8 Å². The lowest BCUT2D eigenvalue weighted by Crippen LogP contribution is -2.21. The first-order chi connectivity index (χ1) is 10.6. The van der Waals surface area contributed by atoms with Crippen molar-refractivity contribution >= 4 is 17.4 Å². The Kier molecular flexibility index (Phi) is 4.00. The zero-order chi connectivity index (χ0) is 15.5. The third-order valence-corrected chi connectivity index (χ3v) is 3.75. The number of carbonyl (C=O) groups excluding carboxylic acids is 1. The Morgan fingerprint density at radius 3 is 2.59 bits per heavy atom. The molecule has 1 aromatic carbocycles. The summed E-state index contributed by atoms with van der Waals surface area (Å²) in [6.07, 6.45) is 2.32. The van der Waals surface area contributed by atoms with Crippen molar-refractivity contribution < 1.29 is 9.18 Å². The number of aryl methyl sites for hydroxylation is 1. The molecule has 1 amide bonds. The molecular weight excluding hydrogens is 283 g/mol. The molecule has 2 heterocycles. The average molecular weight is 300 g/mol. The van der Waals surface area contributed by atoms with Crippen molar-refractivity contribution in [1.82, 2.24) is 10.2 Å². The number of halogens is 1. The van der Waals surface area contributed by atoms with Crippen LogP contribution in [0.25, 0.3) is 0 Å². The van der Waals surface area contributed by atoms with Crippen LogP contribution in [0.3, 0.4) is 0 Å². The number of nitrogens with one attached hydrogen (secondary N) is 1. The minimum atomic E-state index is -0.352. The van der Waals surface area contributed by atoms with Crippen LogP contribution in [0, 0.1) is 12.7 Å². The maximum absolute atomic E-state index is 13.1. The number of hydrogen-bond donors (Lipinski definition) is 1. The second-order valence-electron chi connectivity index (χ2n) is 5.38. The zero-order valence-corrected chi connectivity index (χ0v) is 12.3. The van der Waals surface area contributed by atoms with E-state index in [0.29, 0.717) is 11.3 Å². The Bertz CT molecular complexity index is 681. The number of nitrogens with zero attached hydrogens (tertiary/aromatic N) is 3. The third-order valence-electron chi connectivity index (χ3n) is 3.75. The Hall–Kier alpha value is -2.50. The summed E-state index contributed by atoms with van der Waals surface area (Å²) in [6, 6.07) is 7.69. The van der Waals surface area contributed by atoms with Gasteiger partial charge in [-0.3, -0.25) is 4.79 Å². The summed E-state index contributed by atoms with van der Waals surface area (Å²) in [5, 5.41) is 10.8. The van der Waals surface area contributed by atoms with Gasteiger partial charge in [-0.05, 0) is 55.7 Å². The van der Waals surface area contributed by atoms with Crippen molar-refractivity contribution in [2.45, 2.75) is 19.8 Å². The van der Waals surface area contributed by atoms with Gasteiger partial charge in [0.2, 0.25) is 0 Å². The van der Waals surface area contributed by atoms with Crippen LogP contribution < -0.4 is 10.2 Å². The van der Waals surface area contributed by atoms with Crippen molar-refractivity contribution in [2.75, 3.05) is 23.3 Å². The zero-order valence-electron chi connectivity index (χ0n) is 12.3. The van der Waals surface area contributed by atoms with Crippen molar-refractivity contribution in [1.29, 1.82) is 0 Å². The predicted octanol–water partition coefficient (Wildman–Crippen LogP) is 2.78. The molecule has 0 radical (unpaired) electrons. The van der Waals surface area contributed by atoms with Gasteiger partial charge in [-0.1, -0.05) is 0 Å². The fourth-order valence-corrected chi connectivity index (χ4v) is 2.51. The Morgan fingerprint density at radius 1 is 1.18 bits per heavy atom. The molecule has 1 N–H and O–H groups in total. The topological polar surface area (TPSA) is 58.1 Å².